The molecule has 3 aromatic rings. The summed E-state index contributed by atoms with van der Waals surface area (Å²) in [5, 5.41) is 18.5. The fraction of sp³-hybridized carbons (Fsp3) is 0.269. The maximum absolute atomic E-state index is 13.5. The van der Waals surface area contributed by atoms with Crippen molar-refractivity contribution in [1.82, 2.24) is 5.32 Å². The highest BCUT2D eigenvalue weighted by Gasteiger charge is 2.67. The number of nitrogens with zero attached hydrogens (tertiary/aromatic N) is 1. The Morgan fingerprint density at radius 2 is 1.89 bits per heavy atom. The molecule has 4 atom stereocenters. The normalized spacial score (nSPS) is 24.8. The third-order valence-electron chi connectivity index (χ3n) is 6.82. The molecule has 2 aliphatic heterocycles. The monoisotopic (exact) mass is 477 g/mol. The first kappa shape index (κ1) is 22.8. The first-order chi connectivity index (χ1) is 16.8. The zero-order chi connectivity index (χ0) is 24.7. The lowest BCUT2D eigenvalue weighted by atomic mass is 9.78. The van der Waals surface area contributed by atoms with Gasteiger partial charge in [0.05, 0.1) is 13.0 Å². The van der Waals surface area contributed by atoms with Crippen molar-refractivity contribution in [2.75, 3.05) is 12.4 Å². The number of carbonyl (C=O) groups excluding carboxylic acids is 1. The number of hydrogen-bond acceptors (Lipinski definition) is 6. The van der Waals surface area contributed by atoms with Crippen LogP contribution in [0.15, 0.2) is 66.7 Å². The molecule has 2 aliphatic rings. The van der Waals surface area contributed by atoms with Gasteiger partial charge in [-0.15, -0.1) is 0 Å². The minimum absolute atomic E-state index is 0.131. The molecule has 0 aliphatic carbocycles. The molecule has 2 heterocycles. The highest BCUT2D eigenvalue weighted by Crippen LogP contribution is 2.50. The van der Waals surface area contributed by atoms with Crippen LogP contribution in [-0.4, -0.2) is 30.0 Å². The van der Waals surface area contributed by atoms with E-state index in [0.717, 1.165) is 0 Å². The Bertz CT molecular complexity index is 1320. The SMILES string of the molecule is COc1cc([C@@H]2[C@H](C)N[C@]3(C(=O)Nc4ccccc43)[C@H]2[N+](=O)[O-])ccc1OCc1cccc(F)c1. The van der Waals surface area contributed by atoms with Gasteiger partial charge in [0, 0.05) is 22.2 Å². The summed E-state index contributed by atoms with van der Waals surface area (Å²) in [5.41, 5.74) is 0.970. The van der Waals surface area contributed by atoms with Crippen LogP contribution >= 0.6 is 0 Å². The van der Waals surface area contributed by atoms with E-state index in [1.807, 2.05) is 6.92 Å². The maximum Gasteiger partial charge on any atom is 0.256 e. The van der Waals surface area contributed by atoms with Gasteiger partial charge in [0.1, 0.15) is 12.4 Å². The minimum atomic E-state index is -1.48. The van der Waals surface area contributed by atoms with Crippen LogP contribution in [0.25, 0.3) is 0 Å². The van der Waals surface area contributed by atoms with Gasteiger partial charge in [-0.3, -0.25) is 20.2 Å². The number of fused-ring (bicyclic) bond motifs is 2. The summed E-state index contributed by atoms with van der Waals surface area (Å²) in [6.07, 6.45) is 0. The number of halogens is 1. The molecule has 1 saturated heterocycles. The average molecular weight is 477 g/mol. The summed E-state index contributed by atoms with van der Waals surface area (Å²) < 4.78 is 24.8. The predicted molar refractivity (Wildman–Crippen MR) is 127 cm³/mol. The number of nitro groups is 1. The number of benzene rings is 3. The van der Waals surface area contributed by atoms with Crippen molar-refractivity contribution >= 4 is 11.6 Å². The summed E-state index contributed by atoms with van der Waals surface area (Å²) in [6, 6.07) is 16.7. The Balaban J connectivity index is 1.49. The smallest absolute Gasteiger partial charge is 0.256 e. The Hall–Kier alpha value is -3.98. The quantitative estimate of drug-likeness (QED) is 0.411. The van der Waals surface area contributed by atoms with Crippen molar-refractivity contribution in [2.45, 2.75) is 37.1 Å². The van der Waals surface area contributed by atoms with Gasteiger partial charge in [-0.2, -0.15) is 0 Å². The number of nitrogens with one attached hydrogen (secondary N) is 2. The molecule has 1 amide bonds. The molecular weight excluding hydrogens is 453 g/mol. The van der Waals surface area contributed by atoms with E-state index in [1.54, 1.807) is 54.6 Å². The lowest BCUT2D eigenvalue weighted by molar-refractivity contribution is -0.532. The molecule has 1 fully saturated rings. The van der Waals surface area contributed by atoms with Crippen LogP contribution in [0.1, 0.15) is 29.5 Å². The van der Waals surface area contributed by atoms with E-state index in [1.165, 1.54) is 19.2 Å². The molecule has 1 spiro atoms. The Morgan fingerprint density at radius 1 is 1.09 bits per heavy atom. The number of carbonyl (C=O) groups is 1. The number of ether oxygens (including phenoxy) is 2. The van der Waals surface area contributed by atoms with Gasteiger partial charge < -0.3 is 14.8 Å². The van der Waals surface area contributed by atoms with E-state index in [0.29, 0.717) is 33.9 Å². The second kappa shape index (κ2) is 8.66. The summed E-state index contributed by atoms with van der Waals surface area (Å²) in [5.74, 6) is -0.584. The van der Waals surface area contributed by atoms with Crippen LogP contribution in [0.4, 0.5) is 10.1 Å². The summed E-state index contributed by atoms with van der Waals surface area (Å²) >= 11 is 0. The molecule has 0 aromatic heterocycles. The van der Waals surface area contributed by atoms with Gasteiger partial charge in [-0.1, -0.05) is 36.4 Å². The number of anilines is 1. The highest BCUT2D eigenvalue weighted by molar-refractivity contribution is 6.07. The molecule has 180 valence electrons. The zero-order valence-electron chi connectivity index (χ0n) is 19.2. The van der Waals surface area contributed by atoms with Crippen LogP contribution in [0.3, 0.4) is 0 Å². The number of para-hydroxylation sites is 1. The minimum Gasteiger partial charge on any atom is -0.493 e. The first-order valence-electron chi connectivity index (χ1n) is 11.2. The Labute approximate surface area is 201 Å². The predicted octanol–water partition coefficient (Wildman–Crippen LogP) is 3.98. The van der Waals surface area contributed by atoms with Crippen molar-refractivity contribution in [1.29, 1.82) is 0 Å². The van der Waals surface area contributed by atoms with E-state index < -0.39 is 23.4 Å². The molecule has 0 radical (unpaired) electrons. The number of amides is 1. The molecular formula is C26H24FN3O5. The molecule has 8 nitrogen and oxygen atoms in total. The van der Waals surface area contributed by atoms with Crippen LogP contribution in [0.5, 0.6) is 11.5 Å². The number of methoxy groups -OCH3 is 1. The van der Waals surface area contributed by atoms with Gasteiger partial charge in [0.15, 0.2) is 17.0 Å². The molecule has 35 heavy (non-hydrogen) atoms. The second-order valence-electron chi connectivity index (χ2n) is 8.83. The molecule has 2 N–H and O–H groups in total. The number of hydrogen-bond donors (Lipinski definition) is 2. The standard InChI is InChI=1S/C26H24FN3O5/c1-15-23(24(30(32)33)26(29-15)19-8-3-4-9-20(19)28-25(26)31)17-10-11-21(22(13-17)34-2)35-14-16-6-5-7-18(27)12-16/h3-13,15,23-24,29H,14H2,1-2H3,(H,28,31)/t15-,23-,24-,26-/m0/s1. The molecule has 0 unspecified atom stereocenters. The van der Waals surface area contributed by atoms with Gasteiger partial charge in [0.2, 0.25) is 0 Å². The van der Waals surface area contributed by atoms with Crippen molar-refractivity contribution in [2.24, 2.45) is 0 Å². The average Bonchev–Trinajstić information content (AvgIpc) is 3.31. The van der Waals surface area contributed by atoms with Gasteiger partial charge in [-0.05, 0) is 48.4 Å². The topological polar surface area (TPSA) is 103 Å². The summed E-state index contributed by atoms with van der Waals surface area (Å²) in [7, 11) is 1.48. The zero-order valence-corrected chi connectivity index (χ0v) is 19.2. The molecule has 0 saturated carbocycles. The summed E-state index contributed by atoms with van der Waals surface area (Å²) in [6.45, 7) is 1.97. The van der Waals surface area contributed by atoms with E-state index in [4.69, 9.17) is 9.47 Å². The van der Waals surface area contributed by atoms with Gasteiger partial charge >= 0.3 is 0 Å². The second-order valence-corrected chi connectivity index (χ2v) is 8.83. The molecule has 0 bridgehead atoms. The lowest BCUT2D eigenvalue weighted by Gasteiger charge is -2.25. The molecule has 5 rings (SSSR count). The lowest BCUT2D eigenvalue weighted by Crippen LogP contribution is -2.54. The van der Waals surface area contributed by atoms with E-state index >= 15 is 0 Å². The van der Waals surface area contributed by atoms with Gasteiger partial charge in [0.25, 0.3) is 11.9 Å². The first-order valence-corrected chi connectivity index (χ1v) is 11.2. The molecule has 9 heteroatoms. The van der Waals surface area contributed by atoms with E-state index in [-0.39, 0.29) is 23.4 Å². The third-order valence-corrected chi connectivity index (χ3v) is 6.82. The van der Waals surface area contributed by atoms with Crippen LogP contribution < -0.4 is 20.1 Å². The van der Waals surface area contributed by atoms with Crippen molar-refractivity contribution in [3.63, 3.8) is 0 Å². The highest BCUT2D eigenvalue weighted by atomic mass is 19.1. The number of rotatable bonds is 6. The van der Waals surface area contributed by atoms with E-state index in [9.17, 15) is 19.3 Å². The Morgan fingerprint density at radius 3 is 2.63 bits per heavy atom. The summed E-state index contributed by atoms with van der Waals surface area (Å²) in [4.78, 5) is 25.2. The van der Waals surface area contributed by atoms with Crippen LogP contribution in [0.2, 0.25) is 0 Å². The van der Waals surface area contributed by atoms with Crippen molar-refractivity contribution in [3.8, 4) is 11.5 Å². The van der Waals surface area contributed by atoms with Crippen molar-refractivity contribution in [3.05, 3.63) is 99.4 Å². The van der Waals surface area contributed by atoms with E-state index in [2.05, 4.69) is 10.6 Å². The van der Waals surface area contributed by atoms with Crippen LogP contribution in [-0.2, 0) is 16.9 Å². The van der Waals surface area contributed by atoms with Crippen molar-refractivity contribution < 1.29 is 23.6 Å². The fourth-order valence-electron chi connectivity index (χ4n) is 5.35. The molecule has 3 aromatic carbocycles. The Kier molecular flexibility index (Phi) is 5.64. The fourth-order valence-corrected chi connectivity index (χ4v) is 5.35. The van der Waals surface area contributed by atoms with Crippen LogP contribution in [0, 0.1) is 15.9 Å². The maximum atomic E-state index is 13.5. The largest absolute Gasteiger partial charge is 0.493 e. The van der Waals surface area contributed by atoms with Gasteiger partial charge in [-0.25, -0.2) is 4.39 Å². The third kappa shape index (κ3) is 3.68.